The van der Waals surface area contributed by atoms with Crippen molar-refractivity contribution in [2.75, 3.05) is 7.11 Å². The molecular weight excluding hydrogens is 324 g/mol. The first-order valence-corrected chi connectivity index (χ1v) is 7.88. The van der Waals surface area contributed by atoms with Gasteiger partial charge in [0.25, 0.3) is 0 Å². The number of fused-ring (bicyclic) bond motifs is 1. The molecule has 5 heteroatoms. The number of halogens is 1. The van der Waals surface area contributed by atoms with Crippen molar-refractivity contribution in [2.24, 2.45) is 5.92 Å². The van der Waals surface area contributed by atoms with Crippen LogP contribution in [0, 0.1) is 5.92 Å². The molecule has 128 valence electrons. The van der Waals surface area contributed by atoms with E-state index in [1.54, 1.807) is 7.11 Å². The molecule has 4 nitrogen and oxygen atoms in total. The summed E-state index contributed by atoms with van der Waals surface area (Å²) >= 11 is 0. The fourth-order valence-electron chi connectivity index (χ4n) is 2.64. The molecule has 0 aliphatic rings. The van der Waals surface area contributed by atoms with Crippen LogP contribution in [0.2, 0.25) is 0 Å². The fraction of sp³-hybridized carbons (Fsp3) is 0.316. The summed E-state index contributed by atoms with van der Waals surface area (Å²) in [6, 6.07) is 15.9. The monoisotopic (exact) mass is 346 g/mol. The molecule has 0 aliphatic carbocycles. The predicted octanol–water partition coefficient (Wildman–Crippen LogP) is 4.70. The third kappa shape index (κ3) is 4.01. The highest BCUT2D eigenvalue weighted by atomic mass is 35.5. The summed E-state index contributed by atoms with van der Waals surface area (Å²) in [6.45, 7) is 5.79. The van der Waals surface area contributed by atoms with E-state index < -0.39 is 0 Å². The summed E-state index contributed by atoms with van der Waals surface area (Å²) in [5.41, 5.74) is 2.17. The third-order valence-electron chi connectivity index (χ3n) is 3.69. The van der Waals surface area contributed by atoms with Crippen molar-refractivity contribution < 1.29 is 9.47 Å². The van der Waals surface area contributed by atoms with Crippen molar-refractivity contribution in [2.45, 2.75) is 27.0 Å². The Balaban J connectivity index is 0.00000208. The van der Waals surface area contributed by atoms with Crippen LogP contribution in [0.4, 0.5) is 0 Å². The van der Waals surface area contributed by atoms with Gasteiger partial charge in [0, 0.05) is 12.6 Å². The lowest BCUT2D eigenvalue weighted by Crippen LogP contribution is -2.11. The van der Waals surface area contributed by atoms with Crippen LogP contribution < -0.4 is 9.47 Å². The van der Waals surface area contributed by atoms with Crippen LogP contribution in [-0.2, 0) is 13.2 Å². The van der Waals surface area contributed by atoms with Crippen LogP contribution >= 0.6 is 12.4 Å². The zero-order valence-corrected chi connectivity index (χ0v) is 15.0. The number of ether oxygens (including phenoxy) is 2. The Morgan fingerprint density at radius 2 is 1.79 bits per heavy atom. The number of nitrogens with zero attached hydrogens (tertiary/aromatic N) is 2. The van der Waals surface area contributed by atoms with Crippen LogP contribution in [0.3, 0.4) is 0 Å². The first kappa shape index (κ1) is 18.1. The Morgan fingerprint density at radius 1 is 1.04 bits per heavy atom. The maximum Gasteiger partial charge on any atom is 0.148 e. The number of imidazole rings is 1. The fourth-order valence-corrected chi connectivity index (χ4v) is 2.64. The van der Waals surface area contributed by atoms with Crippen molar-refractivity contribution in [1.29, 1.82) is 0 Å². The highest BCUT2D eigenvalue weighted by Gasteiger charge is 2.12. The van der Waals surface area contributed by atoms with E-state index >= 15 is 0 Å². The van der Waals surface area contributed by atoms with Gasteiger partial charge in [-0.25, -0.2) is 4.98 Å². The quantitative estimate of drug-likeness (QED) is 0.649. The first-order chi connectivity index (χ1) is 11.2. The maximum absolute atomic E-state index is 5.92. The van der Waals surface area contributed by atoms with Gasteiger partial charge in [-0.3, -0.25) is 0 Å². The SMILES string of the molecule is COc1cccc(OCc2nc3ccccc3n2CC(C)C)c1.Cl. The average molecular weight is 347 g/mol. The van der Waals surface area contributed by atoms with Gasteiger partial charge in [0.15, 0.2) is 0 Å². The van der Waals surface area contributed by atoms with Crippen molar-refractivity contribution in [3.8, 4) is 11.5 Å². The Hall–Kier alpha value is -2.20. The summed E-state index contributed by atoms with van der Waals surface area (Å²) in [5.74, 6) is 3.07. The van der Waals surface area contributed by atoms with Crippen molar-refractivity contribution in [3.63, 3.8) is 0 Å². The number of para-hydroxylation sites is 2. The molecule has 3 rings (SSSR count). The number of rotatable bonds is 6. The van der Waals surface area contributed by atoms with Gasteiger partial charge in [-0.05, 0) is 30.2 Å². The molecule has 0 atom stereocenters. The summed E-state index contributed by atoms with van der Waals surface area (Å²) in [7, 11) is 1.65. The van der Waals surface area contributed by atoms with E-state index in [0.29, 0.717) is 12.5 Å². The van der Waals surface area contributed by atoms with Gasteiger partial charge in [0.05, 0.1) is 18.1 Å². The van der Waals surface area contributed by atoms with Crippen LogP contribution in [0.5, 0.6) is 11.5 Å². The Kier molecular flexibility index (Phi) is 6.10. The first-order valence-electron chi connectivity index (χ1n) is 7.88. The van der Waals surface area contributed by atoms with Crippen LogP contribution in [-0.4, -0.2) is 16.7 Å². The zero-order chi connectivity index (χ0) is 16.2. The van der Waals surface area contributed by atoms with E-state index in [0.717, 1.165) is 34.9 Å². The summed E-state index contributed by atoms with van der Waals surface area (Å²) in [5, 5.41) is 0. The number of methoxy groups -OCH3 is 1. The van der Waals surface area contributed by atoms with Gasteiger partial charge in [-0.2, -0.15) is 0 Å². The second-order valence-electron chi connectivity index (χ2n) is 5.99. The molecule has 0 saturated carbocycles. The van der Waals surface area contributed by atoms with Crippen LogP contribution in [0.15, 0.2) is 48.5 Å². The number of hydrogen-bond donors (Lipinski definition) is 0. The maximum atomic E-state index is 5.92. The molecule has 0 aliphatic heterocycles. The second-order valence-corrected chi connectivity index (χ2v) is 5.99. The van der Waals surface area contributed by atoms with Gasteiger partial charge in [-0.1, -0.05) is 32.0 Å². The molecular formula is C19H23ClN2O2. The molecule has 0 unspecified atom stereocenters. The predicted molar refractivity (Wildman–Crippen MR) is 99.1 cm³/mol. The molecule has 0 saturated heterocycles. The molecule has 0 amide bonds. The minimum Gasteiger partial charge on any atom is -0.497 e. The van der Waals surface area contributed by atoms with Gasteiger partial charge in [0.1, 0.15) is 23.9 Å². The molecule has 2 aromatic carbocycles. The largest absolute Gasteiger partial charge is 0.497 e. The molecule has 3 aromatic rings. The number of benzene rings is 2. The van der Waals surface area contributed by atoms with Gasteiger partial charge in [-0.15, -0.1) is 12.4 Å². The standard InChI is InChI=1S/C19H22N2O2.ClH/c1-14(2)12-21-18-10-5-4-9-17(18)20-19(21)13-23-16-8-6-7-15(11-16)22-3;/h4-11,14H,12-13H2,1-3H3;1H. The Morgan fingerprint density at radius 3 is 2.54 bits per heavy atom. The molecule has 0 bridgehead atoms. The highest BCUT2D eigenvalue weighted by molar-refractivity contribution is 5.85. The summed E-state index contributed by atoms with van der Waals surface area (Å²) in [6.07, 6.45) is 0. The van der Waals surface area contributed by atoms with E-state index in [9.17, 15) is 0 Å². The van der Waals surface area contributed by atoms with Crippen molar-refractivity contribution in [1.82, 2.24) is 9.55 Å². The molecule has 0 spiro atoms. The highest BCUT2D eigenvalue weighted by Crippen LogP contribution is 2.22. The molecule has 1 aromatic heterocycles. The van der Waals surface area contributed by atoms with Crippen molar-refractivity contribution >= 4 is 23.4 Å². The van der Waals surface area contributed by atoms with Crippen LogP contribution in [0.25, 0.3) is 11.0 Å². The topological polar surface area (TPSA) is 36.3 Å². The van der Waals surface area contributed by atoms with E-state index in [2.05, 4.69) is 24.5 Å². The lowest BCUT2D eigenvalue weighted by atomic mass is 10.2. The van der Waals surface area contributed by atoms with Gasteiger partial charge >= 0.3 is 0 Å². The third-order valence-corrected chi connectivity index (χ3v) is 3.69. The average Bonchev–Trinajstić information content (AvgIpc) is 2.90. The minimum absolute atomic E-state index is 0. The number of hydrogen-bond acceptors (Lipinski definition) is 3. The van der Waals surface area contributed by atoms with E-state index in [1.165, 1.54) is 0 Å². The Bertz CT molecular complexity index is 799. The van der Waals surface area contributed by atoms with E-state index in [4.69, 9.17) is 14.5 Å². The van der Waals surface area contributed by atoms with Crippen molar-refractivity contribution in [3.05, 3.63) is 54.4 Å². The van der Waals surface area contributed by atoms with Crippen LogP contribution in [0.1, 0.15) is 19.7 Å². The molecule has 0 fully saturated rings. The molecule has 24 heavy (non-hydrogen) atoms. The molecule has 0 N–H and O–H groups in total. The zero-order valence-electron chi connectivity index (χ0n) is 14.2. The molecule has 1 heterocycles. The normalized spacial score (nSPS) is 10.7. The van der Waals surface area contributed by atoms with Gasteiger partial charge in [0.2, 0.25) is 0 Å². The lowest BCUT2D eigenvalue weighted by Gasteiger charge is -2.13. The number of aromatic nitrogens is 2. The van der Waals surface area contributed by atoms with E-state index in [1.807, 2.05) is 42.5 Å². The van der Waals surface area contributed by atoms with E-state index in [-0.39, 0.29) is 12.4 Å². The minimum atomic E-state index is 0. The lowest BCUT2D eigenvalue weighted by molar-refractivity contribution is 0.285. The molecule has 0 radical (unpaired) electrons. The summed E-state index contributed by atoms with van der Waals surface area (Å²) < 4.78 is 13.4. The second kappa shape index (κ2) is 8.06. The van der Waals surface area contributed by atoms with Gasteiger partial charge < -0.3 is 14.0 Å². The summed E-state index contributed by atoms with van der Waals surface area (Å²) in [4.78, 5) is 4.73. The smallest absolute Gasteiger partial charge is 0.148 e. The Labute approximate surface area is 148 Å².